The number of para-hydroxylation sites is 2. The van der Waals surface area contributed by atoms with Crippen molar-refractivity contribution in [2.45, 2.75) is 13.0 Å². The Kier molecular flexibility index (Phi) is 6.78. The van der Waals surface area contributed by atoms with Crippen LogP contribution in [0.3, 0.4) is 0 Å². The van der Waals surface area contributed by atoms with Crippen LogP contribution in [0.15, 0.2) is 54.6 Å². The van der Waals surface area contributed by atoms with Crippen LogP contribution in [0.1, 0.15) is 18.5 Å². The third-order valence-corrected chi connectivity index (χ3v) is 3.70. The van der Waals surface area contributed by atoms with E-state index in [0.717, 1.165) is 5.56 Å². The molecule has 0 bridgehead atoms. The van der Waals surface area contributed by atoms with E-state index < -0.39 is 6.04 Å². The molecule has 24 heavy (non-hydrogen) atoms. The highest BCUT2D eigenvalue weighted by atomic mass is 16.5. The molecule has 0 saturated carbocycles. The van der Waals surface area contributed by atoms with E-state index in [4.69, 9.17) is 4.74 Å². The molecule has 2 aromatic carbocycles. The third-order valence-electron chi connectivity index (χ3n) is 3.70. The molecule has 128 valence electrons. The molecule has 0 saturated heterocycles. The first-order valence-corrected chi connectivity index (χ1v) is 8.06. The maximum Gasteiger partial charge on any atom is 0.246 e. The van der Waals surface area contributed by atoms with Crippen molar-refractivity contribution < 1.29 is 14.6 Å². The first kappa shape index (κ1) is 18.0. The number of benzene rings is 2. The van der Waals surface area contributed by atoms with Crippen LogP contribution < -0.4 is 10.1 Å². The molecule has 0 radical (unpaired) electrons. The molecule has 0 aliphatic rings. The lowest BCUT2D eigenvalue weighted by Gasteiger charge is -2.27. The van der Waals surface area contributed by atoms with Gasteiger partial charge in [-0.25, -0.2) is 0 Å². The zero-order valence-corrected chi connectivity index (χ0v) is 14.1. The molecule has 0 aliphatic heterocycles. The van der Waals surface area contributed by atoms with Crippen molar-refractivity contribution in [3.63, 3.8) is 0 Å². The molecule has 2 aromatic rings. The van der Waals surface area contributed by atoms with E-state index in [-0.39, 0.29) is 12.5 Å². The van der Waals surface area contributed by atoms with Gasteiger partial charge in [0.2, 0.25) is 5.91 Å². The fourth-order valence-corrected chi connectivity index (χ4v) is 2.58. The zero-order chi connectivity index (χ0) is 17.4. The number of amides is 1. The highest BCUT2D eigenvalue weighted by Crippen LogP contribution is 2.27. The fourth-order valence-electron chi connectivity index (χ4n) is 2.58. The van der Waals surface area contributed by atoms with Crippen molar-refractivity contribution in [1.82, 2.24) is 4.90 Å². The van der Waals surface area contributed by atoms with E-state index in [0.29, 0.717) is 24.6 Å². The first-order chi connectivity index (χ1) is 11.7. The summed E-state index contributed by atoms with van der Waals surface area (Å²) >= 11 is 0. The van der Waals surface area contributed by atoms with E-state index in [1.165, 1.54) is 0 Å². The topological polar surface area (TPSA) is 61.8 Å². The Labute approximate surface area is 142 Å². The summed E-state index contributed by atoms with van der Waals surface area (Å²) in [6.45, 7) is 2.82. The van der Waals surface area contributed by atoms with Gasteiger partial charge in [0.1, 0.15) is 11.8 Å². The molecular formula is C19H24N2O3. The zero-order valence-electron chi connectivity index (χ0n) is 14.1. The number of ether oxygens (including phenoxy) is 1. The molecule has 5 heteroatoms. The molecule has 0 spiro atoms. The molecule has 2 N–H and O–H groups in total. The number of nitrogens with one attached hydrogen (secondary N) is 1. The average molecular weight is 328 g/mol. The molecule has 1 atom stereocenters. The minimum atomic E-state index is -0.493. The van der Waals surface area contributed by atoms with Gasteiger partial charge in [0.25, 0.3) is 0 Å². The summed E-state index contributed by atoms with van der Waals surface area (Å²) in [4.78, 5) is 14.7. The molecule has 5 nitrogen and oxygen atoms in total. The molecule has 0 fully saturated rings. The summed E-state index contributed by atoms with van der Waals surface area (Å²) in [5.41, 5.74) is 1.52. The van der Waals surface area contributed by atoms with Crippen LogP contribution in [0.4, 0.5) is 5.69 Å². The normalized spacial score (nSPS) is 12.0. The number of aliphatic hydroxyl groups excluding tert-OH is 1. The maximum absolute atomic E-state index is 12.9. The van der Waals surface area contributed by atoms with Crippen LogP contribution in [-0.4, -0.2) is 42.7 Å². The monoisotopic (exact) mass is 328 g/mol. The van der Waals surface area contributed by atoms with E-state index in [9.17, 15) is 9.90 Å². The largest absolute Gasteiger partial charge is 0.492 e. The van der Waals surface area contributed by atoms with Crippen LogP contribution in [0.5, 0.6) is 5.75 Å². The van der Waals surface area contributed by atoms with Crippen LogP contribution in [0.2, 0.25) is 0 Å². The van der Waals surface area contributed by atoms with Gasteiger partial charge in [0.05, 0.1) is 18.9 Å². The number of likely N-dealkylation sites (N-methyl/N-ethyl adjacent to an activating group) is 1. The highest BCUT2D eigenvalue weighted by molar-refractivity contribution is 5.96. The molecule has 0 aromatic heterocycles. The third kappa shape index (κ3) is 4.57. The number of hydrogen-bond donors (Lipinski definition) is 2. The van der Waals surface area contributed by atoms with Crippen LogP contribution in [0, 0.1) is 0 Å². The van der Waals surface area contributed by atoms with Gasteiger partial charge >= 0.3 is 0 Å². The molecule has 0 aliphatic carbocycles. The van der Waals surface area contributed by atoms with Gasteiger partial charge in [-0.3, -0.25) is 9.69 Å². The highest BCUT2D eigenvalue weighted by Gasteiger charge is 2.25. The number of rotatable bonds is 8. The standard InChI is InChI=1S/C19H24N2O3/c1-3-24-17-12-8-7-11-16(17)20-19(23)18(21(2)13-14-22)15-9-5-4-6-10-15/h4-12,18,22H,3,13-14H2,1-2H3,(H,20,23). The van der Waals surface area contributed by atoms with Gasteiger partial charge < -0.3 is 15.2 Å². The lowest BCUT2D eigenvalue weighted by molar-refractivity contribution is -0.121. The van der Waals surface area contributed by atoms with Crippen LogP contribution >= 0.6 is 0 Å². The van der Waals surface area contributed by atoms with Crippen molar-refractivity contribution in [3.8, 4) is 5.75 Å². The SMILES string of the molecule is CCOc1ccccc1NC(=O)C(c1ccccc1)N(C)CCO. The first-order valence-electron chi connectivity index (χ1n) is 8.06. The molecule has 1 unspecified atom stereocenters. The van der Waals surface area contributed by atoms with E-state index in [1.54, 1.807) is 0 Å². The summed E-state index contributed by atoms with van der Waals surface area (Å²) in [6.07, 6.45) is 0. The van der Waals surface area contributed by atoms with E-state index >= 15 is 0 Å². The van der Waals surface area contributed by atoms with E-state index in [2.05, 4.69) is 5.32 Å². The summed E-state index contributed by atoms with van der Waals surface area (Å²) in [6, 6.07) is 16.4. The Morgan fingerprint density at radius 3 is 2.50 bits per heavy atom. The van der Waals surface area contributed by atoms with Crippen molar-refractivity contribution in [2.24, 2.45) is 0 Å². The van der Waals surface area contributed by atoms with Gasteiger partial charge in [0.15, 0.2) is 0 Å². The fraction of sp³-hybridized carbons (Fsp3) is 0.316. The Balaban J connectivity index is 2.25. The van der Waals surface area contributed by atoms with Crippen molar-refractivity contribution >= 4 is 11.6 Å². The number of aliphatic hydroxyl groups is 1. The average Bonchev–Trinajstić information content (AvgIpc) is 2.58. The van der Waals surface area contributed by atoms with E-state index in [1.807, 2.05) is 73.5 Å². The van der Waals surface area contributed by atoms with Gasteiger partial charge in [-0.1, -0.05) is 42.5 Å². The predicted molar refractivity (Wildman–Crippen MR) is 95.1 cm³/mol. The summed E-state index contributed by atoms with van der Waals surface area (Å²) in [5.74, 6) is 0.481. The van der Waals surface area contributed by atoms with Gasteiger partial charge in [-0.2, -0.15) is 0 Å². The van der Waals surface area contributed by atoms with Crippen molar-refractivity contribution in [1.29, 1.82) is 0 Å². The van der Waals surface area contributed by atoms with Crippen LogP contribution in [0.25, 0.3) is 0 Å². The van der Waals surface area contributed by atoms with Gasteiger partial charge in [-0.15, -0.1) is 0 Å². The van der Waals surface area contributed by atoms with Gasteiger partial charge in [-0.05, 0) is 31.7 Å². The number of anilines is 1. The molecule has 1 amide bonds. The Bertz CT molecular complexity index is 646. The second kappa shape index (κ2) is 9.05. The van der Waals surface area contributed by atoms with Crippen LogP contribution in [-0.2, 0) is 4.79 Å². The van der Waals surface area contributed by atoms with Gasteiger partial charge in [0, 0.05) is 6.54 Å². The van der Waals surface area contributed by atoms with Crippen molar-refractivity contribution in [2.75, 3.05) is 32.1 Å². The summed E-state index contributed by atoms with van der Waals surface area (Å²) in [5, 5.41) is 12.2. The summed E-state index contributed by atoms with van der Waals surface area (Å²) < 4.78 is 5.56. The molecular weight excluding hydrogens is 304 g/mol. The lowest BCUT2D eigenvalue weighted by Crippen LogP contribution is -2.36. The number of nitrogens with zero attached hydrogens (tertiary/aromatic N) is 1. The Morgan fingerprint density at radius 1 is 1.17 bits per heavy atom. The maximum atomic E-state index is 12.9. The second-order valence-electron chi connectivity index (χ2n) is 5.44. The molecule has 0 heterocycles. The number of carbonyl (C=O) groups is 1. The molecule has 2 rings (SSSR count). The smallest absolute Gasteiger partial charge is 0.246 e. The second-order valence-corrected chi connectivity index (χ2v) is 5.44. The minimum Gasteiger partial charge on any atom is -0.492 e. The number of hydrogen-bond acceptors (Lipinski definition) is 4. The lowest BCUT2D eigenvalue weighted by atomic mass is 10.0. The predicted octanol–water partition coefficient (Wildman–Crippen LogP) is 2.69. The Hall–Kier alpha value is -2.37. The van der Waals surface area contributed by atoms with Crippen molar-refractivity contribution in [3.05, 3.63) is 60.2 Å². The minimum absolute atomic E-state index is 0.0113. The number of carbonyl (C=O) groups excluding carboxylic acids is 1. The quantitative estimate of drug-likeness (QED) is 0.782. The Morgan fingerprint density at radius 2 is 1.83 bits per heavy atom. The summed E-state index contributed by atoms with van der Waals surface area (Å²) in [7, 11) is 1.82.